The number of halogens is 1. The summed E-state index contributed by atoms with van der Waals surface area (Å²) in [5.74, 6) is -0.147. The molecule has 0 saturated carbocycles. The molecule has 0 aliphatic carbocycles. The van der Waals surface area contributed by atoms with Gasteiger partial charge in [-0.25, -0.2) is 4.39 Å². The van der Waals surface area contributed by atoms with Crippen LogP contribution in [-0.2, 0) is 6.42 Å². The number of hydrogen-bond acceptors (Lipinski definition) is 1. The molecule has 1 rings (SSSR count). The molecule has 0 spiro atoms. The summed E-state index contributed by atoms with van der Waals surface area (Å²) in [7, 11) is 0. The molecule has 11 heavy (non-hydrogen) atoms. The van der Waals surface area contributed by atoms with Crippen LogP contribution in [0.25, 0.3) is 0 Å². The van der Waals surface area contributed by atoms with Crippen LogP contribution < -0.4 is 5.73 Å². The zero-order chi connectivity index (χ0) is 8.27. The fraction of sp³-hybridized carbons (Fsp3) is 0.333. The topological polar surface area (TPSA) is 26.0 Å². The van der Waals surface area contributed by atoms with Gasteiger partial charge in [0.15, 0.2) is 0 Å². The standard InChI is InChI=1S/C9H12FN.H2/c1-7-6-8(4-5-11)2-3-9(7)10;/h2-3,6H,4-5,11H2,1H3;1H. The summed E-state index contributed by atoms with van der Waals surface area (Å²) >= 11 is 0. The Balaban J connectivity index is 0.00000121. The smallest absolute Gasteiger partial charge is 0.126 e. The highest BCUT2D eigenvalue weighted by Gasteiger charge is 1.96. The van der Waals surface area contributed by atoms with Gasteiger partial charge in [0, 0.05) is 1.43 Å². The minimum atomic E-state index is -0.147. The predicted molar refractivity (Wildman–Crippen MR) is 46.0 cm³/mol. The molecule has 1 nitrogen and oxygen atoms in total. The fourth-order valence-corrected chi connectivity index (χ4v) is 1.03. The fourth-order valence-electron chi connectivity index (χ4n) is 1.03. The summed E-state index contributed by atoms with van der Waals surface area (Å²) in [6.07, 6.45) is 0.821. The summed E-state index contributed by atoms with van der Waals surface area (Å²) in [5.41, 5.74) is 7.15. The Labute approximate surface area is 67.5 Å². The van der Waals surface area contributed by atoms with Crippen LogP contribution in [0.2, 0.25) is 0 Å². The van der Waals surface area contributed by atoms with Crippen LogP contribution in [0.5, 0.6) is 0 Å². The highest BCUT2D eigenvalue weighted by molar-refractivity contribution is 5.23. The third-order valence-electron chi connectivity index (χ3n) is 1.66. The summed E-state index contributed by atoms with van der Waals surface area (Å²) in [5, 5.41) is 0. The van der Waals surface area contributed by atoms with E-state index in [2.05, 4.69) is 0 Å². The molecular formula is C9H14FN. The molecule has 0 radical (unpaired) electrons. The second-order valence-electron chi connectivity index (χ2n) is 2.62. The Morgan fingerprint density at radius 3 is 2.82 bits per heavy atom. The summed E-state index contributed by atoms with van der Waals surface area (Å²) < 4.78 is 12.7. The van der Waals surface area contributed by atoms with Crippen LogP contribution in [0.3, 0.4) is 0 Å². The van der Waals surface area contributed by atoms with Gasteiger partial charge in [-0.3, -0.25) is 0 Å². The maximum atomic E-state index is 12.7. The first-order valence-electron chi connectivity index (χ1n) is 3.69. The molecule has 0 aliphatic rings. The van der Waals surface area contributed by atoms with Crippen molar-refractivity contribution in [1.29, 1.82) is 0 Å². The van der Waals surface area contributed by atoms with Gasteiger partial charge < -0.3 is 5.73 Å². The average Bonchev–Trinajstić information content (AvgIpc) is 1.98. The number of hydrogen-bond donors (Lipinski definition) is 1. The maximum absolute atomic E-state index is 12.7. The molecule has 2 N–H and O–H groups in total. The average molecular weight is 155 g/mol. The van der Waals surface area contributed by atoms with Gasteiger partial charge in [-0.1, -0.05) is 12.1 Å². The van der Waals surface area contributed by atoms with Crippen molar-refractivity contribution in [3.8, 4) is 0 Å². The van der Waals surface area contributed by atoms with Crippen molar-refractivity contribution < 1.29 is 5.82 Å². The zero-order valence-corrected chi connectivity index (χ0v) is 6.60. The minimum Gasteiger partial charge on any atom is -0.330 e. The first kappa shape index (κ1) is 8.21. The van der Waals surface area contributed by atoms with Gasteiger partial charge >= 0.3 is 0 Å². The second kappa shape index (κ2) is 3.49. The van der Waals surface area contributed by atoms with E-state index in [0.717, 1.165) is 12.0 Å². The van der Waals surface area contributed by atoms with E-state index < -0.39 is 0 Å². The molecule has 2 heteroatoms. The van der Waals surface area contributed by atoms with E-state index in [9.17, 15) is 4.39 Å². The lowest BCUT2D eigenvalue weighted by molar-refractivity contribution is 0.617. The molecule has 0 aromatic heterocycles. The van der Waals surface area contributed by atoms with Gasteiger partial charge in [-0.2, -0.15) is 0 Å². The van der Waals surface area contributed by atoms with E-state index in [1.165, 1.54) is 6.07 Å². The number of aryl methyl sites for hydroxylation is 1. The highest BCUT2D eigenvalue weighted by atomic mass is 19.1. The number of rotatable bonds is 2. The van der Waals surface area contributed by atoms with E-state index in [1.807, 2.05) is 6.07 Å². The van der Waals surface area contributed by atoms with Crippen molar-refractivity contribution in [2.45, 2.75) is 13.3 Å². The Bertz CT molecular complexity index is 250. The Hall–Kier alpha value is -0.890. The molecule has 1 aromatic rings. The lowest BCUT2D eigenvalue weighted by Crippen LogP contribution is -2.02. The maximum Gasteiger partial charge on any atom is 0.126 e. The molecule has 0 aliphatic heterocycles. The van der Waals surface area contributed by atoms with Crippen molar-refractivity contribution in [3.05, 3.63) is 35.1 Å². The molecule has 0 atom stereocenters. The van der Waals surface area contributed by atoms with Gasteiger partial charge in [0.2, 0.25) is 0 Å². The van der Waals surface area contributed by atoms with Gasteiger partial charge in [0.25, 0.3) is 0 Å². The van der Waals surface area contributed by atoms with Crippen molar-refractivity contribution in [1.82, 2.24) is 0 Å². The monoisotopic (exact) mass is 155 g/mol. The molecule has 0 amide bonds. The molecule has 0 fully saturated rings. The molecule has 1 aromatic carbocycles. The van der Waals surface area contributed by atoms with Crippen LogP contribution in [0.15, 0.2) is 18.2 Å². The van der Waals surface area contributed by atoms with Gasteiger partial charge in [0.05, 0.1) is 0 Å². The Kier molecular flexibility index (Phi) is 2.60. The van der Waals surface area contributed by atoms with Crippen LogP contribution in [-0.4, -0.2) is 6.54 Å². The minimum absolute atomic E-state index is 0. The zero-order valence-electron chi connectivity index (χ0n) is 6.60. The molecule has 0 bridgehead atoms. The van der Waals surface area contributed by atoms with Gasteiger partial charge in [-0.05, 0) is 37.1 Å². The van der Waals surface area contributed by atoms with Crippen molar-refractivity contribution in [2.75, 3.05) is 6.54 Å². The van der Waals surface area contributed by atoms with Crippen molar-refractivity contribution >= 4 is 0 Å². The predicted octanol–water partition coefficient (Wildman–Crippen LogP) is 1.88. The van der Waals surface area contributed by atoms with Crippen LogP contribution >= 0.6 is 0 Å². The van der Waals surface area contributed by atoms with E-state index in [1.54, 1.807) is 13.0 Å². The van der Waals surface area contributed by atoms with E-state index in [0.29, 0.717) is 12.1 Å². The van der Waals surface area contributed by atoms with Crippen molar-refractivity contribution in [3.63, 3.8) is 0 Å². The number of nitrogens with two attached hydrogens (primary N) is 1. The lowest BCUT2D eigenvalue weighted by Gasteiger charge is -2.00. The lowest BCUT2D eigenvalue weighted by atomic mass is 10.1. The summed E-state index contributed by atoms with van der Waals surface area (Å²) in [6, 6.07) is 5.09. The summed E-state index contributed by atoms with van der Waals surface area (Å²) in [6.45, 7) is 2.38. The van der Waals surface area contributed by atoms with E-state index in [-0.39, 0.29) is 7.24 Å². The molecule has 62 valence electrons. The first-order valence-corrected chi connectivity index (χ1v) is 3.69. The third-order valence-corrected chi connectivity index (χ3v) is 1.66. The van der Waals surface area contributed by atoms with Crippen molar-refractivity contribution in [2.24, 2.45) is 5.73 Å². The largest absolute Gasteiger partial charge is 0.330 e. The molecular weight excluding hydrogens is 141 g/mol. The quantitative estimate of drug-likeness (QED) is 0.693. The van der Waals surface area contributed by atoms with E-state index in [4.69, 9.17) is 5.73 Å². The molecule has 0 heterocycles. The number of benzene rings is 1. The Morgan fingerprint density at radius 2 is 2.27 bits per heavy atom. The van der Waals surface area contributed by atoms with Crippen LogP contribution in [0, 0.1) is 12.7 Å². The second-order valence-corrected chi connectivity index (χ2v) is 2.62. The Morgan fingerprint density at radius 1 is 1.55 bits per heavy atom. The van der Waals surface area contributed by atoms with Crippen LogP contribution in [0.4, 0.5) is 4.39 Å². The SMILES string of the molecule is Cc1cc(CCN)ccc1F.[HH]. The molecule has 0 unspecified atom stereocenters. The van der Waals surface area contributed by atoms with Gasteiger partial charge in [0.1, 0.15) is 5.82 Å². The summed E-state index contributed by atoms with van der Waals surface area (Å²) in [4.78, 5) is 0. The molecule has 0 saturated heterocycles. The normalized spacial score (nSPS) is 10.1. The van der Waals surface area contributed by atoms with Gasteiger partial charge in [-0.15, -0.1) is 0 Å². The van der Waals surface area contributed by atoms with Crippen LogP contribution in [0.1, 0.15) is 12.6 Å². The van der Waals surface area contributed by atoms with E-state index >= 15 is 0 Å². The first-order chi connectivity index (χ1) is 5.24. The third kappa shape index (κ3) is 2.02. The highest BCUT2D eigenvalue weighted by Crippen LogP contribution is 2.08.